The summed E-state index contributed by atoms with van der Waals surface area (Å²) in [4.78, 5) is 2.28. The molecule has 0 amide bonds. The predicted octanol–water partition coefficient (Wildman–Crippen LogP) is 2.68. The van der Waals surface area contributed by atoms with Gasteiger partial charge in [-0.15, -0.1) is 0 Å². The Morgan fingerprint density at radius 2 is 1.65 bits per heavy atom. The average molecular weight is 430 g/mol. The molecule has 1 aliphatic heterocycles. The molecule has 1 aliphatic rings. The Hall–Kier alpha value is -0.0200. The molecule has 1 heterocycles. The Morgan fingerprint density at radius 1 is 1.15 bits per heavy atom. The molecule has 4 nitrogen and oxygen atoms in total. The third kappa shape index (κ3) is 3.24. The van der Waals surface area contributed by atoms with Crippen LogP contribution in [0.15, 0.2) is 26.0 Å². The first-order chi connectivity index (χ1) is 9.36. The molecule has 20 heavy (non-hydrogen) atoms. The number of hydrogen-bond donors (Lipinski definition) is 0. The number of nitrogens with zero attached hydrogens (tertiary/aromatic N) is 2. The molecule has 1 fully saturated rings. The number of hydrogen-bond acceptors (Lipinski definition) is 3. The Bertz CT molecular complexity index is 578. The molecule has 0 N–H and O–H groups in total. The van der Waals surface area contributed by atoms with Gasteiger partial charge in [-0.25, -0.2) is 12.8 Å². The fraction of sp³-hybridized carbons (Fsp3) is 0.500. The van der Waals surface area contributed by atoms with Crippen molar-refractivity contribution in [2.75, 3.05) is 32.7 Å². The van der Waals surface area contributed by atoms with Gasteiger partial charge in [-0.3, -0.25) is 0 Å². The van der Waals surface area contributed by atoms with Gasteiger partial charge >= 0.3 is 0 Å². The number of halogens is 3. The normalized spacial score (nSPS) is 18.4. The minimum atomic E-state index is -3.63. The van der Waals surface area contributed by atoms with Gasteiger partial charge in [-0.2, -0.15) is 4.31 Å². The lowest BCUT2D eigenvalue weighted by Gasteiger charge is -2.33. The first-order valence-corrected chi connectivity index (χ1v) is 9.26. The summed E-state index contributed by atoms with van der Waals surface area (Å²) in [5.74, 6) is -0.487. The van der Waals surface area contributed by atoms with E-state index in [2.05, 4.69) is 43.7 Å². The van der Waals surface area contributed by atoms with Crippen LogP contribution in [0.3, 0.4) is 0 Å². The van der Waals surface area contributed by atoms with Gasteiger partial charge in [0.15, 0.2) is 0 Å². The Kier molecular flexibility index (Phi) is 5.23. The zero-order chi connectivity index (χ0) is 14.9. The van der Waals surface area contributed by atoms with E-state index in [4.69, 9.17) is 0 Å². The van der Waals surface area contributed by atoms with E-state index in [1.807, 2.05) is 0 Å². The van der Waals surface area contributed by atoms with Crippen LogP contribution >= 0.6 is 31.9 Å². The lowest BCUT2D eigenvalue weighted by Crippen LogP contribution is -2.48. The highest BCUT2D eigenvalue weighted by molar-refractivity contribution is 9.11. The van der Waals surface area contributed by atoms with E-state index < -0.39 is 15.8 Å². The largest absolute Gasteiger partial charge is 0.301 e. The van der Waals surface area contributed by atoms with Crippen molar-refractivity contribution in [3.8, 4) is 0 Å². The van der Waals surface area contributed by atoms with Crippen molar-refractivity contribution in [3.63, 3.8) is 0 Å². The van der Waals surface area contributed by atoms with Crippen LogP contribution in [0.4, 0.5) is 4.39 Å². The molecule has 112 valence electrons. The predicted molar refractivity (Wildman–Crippen MR) is 82.7 cm³/mol. The highest BCUT2D eigenvalue weighted by Crippen LogP contribution is 2.33. The van der Waals surface area contributed by atoms with Crippen LogP contribution in [0.5, 0.6) is 0 Å². The maximum atomic E-state index is 13.3. The van der Waals surface area contributed by atoms with Crippen LogP contribution in [0, 0.1) is 5.82 Å². The van der Waals surface area contributed by atoms with Crippen molar-refractivity contribution < 1.29 is 12.8 Å². The number of benzene rings is 1. The first-order valence-electron chi connectivity index (χ1n) is 6.23. The van der Waals surface area contributed by atoms with Crippen molar-refractivity contribution in [1.29, 1.82) is 0 Å². The molecular formula is C12H15Br2FN2O2S. The second-order valence-corrected chi connectivity index (χ2v) is 8.12. The molecule has 0 aliphatic carbocycles. The Labute approximate surface area is 135 Å². The van der Waals surface area contributed by atoms with Crippen molar-refractivity contribution in [3.05, 3.63) is 26.9 Å². The van der Waals surface area contributed by atoms with Crippen molar-refractivity contribution >= 4 is 41.9 Å². The highest BCUT2D eigenvalue weighted by Gasteiger charge is 2.31. The topological polar surface area (TPSA) is 40.6 Å². The third-order valence-electron chi connectivity index (χ3n) is 3.34. The van der Waals surface area contributed by atoms with E-state index in [9.17, 15) is 12.8 Å². The van der Waals surface area contributed by atoms with Crippen molar-refractivity contribution in [2.45, 2.75) is 11.8 Å². The summed E-state index contributed by atoms with van der Waals surface area (Å²) in [5, 5.41) is 0. The zero-order valence-electron chi connectivity index (χ0n) is 10.9. The molecule has 1 aromatic carbocycles. The maximum absolute atomic E-state index is 13.3. The van der Waals surface area contributed by atoms with Crippen LogP contribution < -0.4 is 0 Å². The number of rotatable bonds is 3. The molecule has 0 atom stereocenters. The summed E-state index contributed by atoms with van der Waals surface area (Å²) < 4.78 is 40.5. The smallest absolute Gasteiger partial charge is 0.245 e. The highest BCUT2D eigenvalue weighted by atomic mass is 79.9. The van der Waals surface area contributed by atoms with Crippen molar-refractivity contribution in [2.24, 2.45) is 0 Å². The van der Waals surface area contributed by atoms with E-state index in [-0.39, 0.29) is 13.8 Å². The summed E-state index contributed by atoms with van der Waals surface area (Å²) in [6.07, 6.45) is 0. The van der Waals surface area contributed by atoms with E-state index >= 15 is 0 Å². The summed E-state index contributed by atoms with van der Waals surface area (Å²) in [6.45, 7) is 5.30. The molecule has 8 heteroatoms. The number of sulfonamides is 1. The van der Waals surface area contributed by atoms with Gasteiger partial charge in [0, 0.05) is 35.1 Å². The van der Waals surface area contributed by atoms with E-state index in [1.165, 1.54) is 16.4 Å². The van der Waals surface area contributed by atoms with E-state index in [1.54, 1.807) is 0 Å². The fourth-order valence-corrected chi connectivity index (χ4v) is 6.06. The van der Waals surface area contributed by atoms with Gasteiger partial charge in [-0.05, 0) is 50.5 Å². The molecule has 0 radical (unpaired) electrons. The minimum absolute atomic E-state index is 0.0869. The first kappa shape index (κ1) is 16.4. The van der Waals surface area contributed by atoms with Gasteiger partial charge < -0.3 is 4.90 Å². The lowest BCUT2D eigenvalue weighted by atomic mass is 10.3. The van der Waals surface area contributed by atoms with Crippen LogP contribution in [-0.2, 0) is 10.0 Å². The summed E-state index contributed by atoms with van der Waals surface area (Å²) in [7, 11) is -3.63. The van der Waals surface area contributed by atoms with Gasteiger partial charge in [-0.1, -0.05) is 6.92 Å². The Morgan fingerprint density at radius 3 is 2.10 bits per heavy atom. The quantitative estimate of drug-likeness (QED) is 0.741. The number of piperazine rings is 1. The Balaban J connectivity index is 2.32. The zero-order valence-corrected chi connectivity index (χ0v) is 14.9. The van der Waals surface area contributed by atoms with Crippen LogP contribution in [0.25, 0.3) is 0 Å². The number of likely N-dealkylation sites (N-methyl/N-ethyl adjacent to an activating group) is 1. The second-order valence-electron chi connectivity index (χ2n) is 4.54. The summed E-state index contributed by atoms with van der Waals surface area (Å²) >= 11 is 6.28. The SMILES string of the molecule is CCN1CCN(S(=O)(=O)c2c(Br)cc(F)cc2Br)CC1. The standard InChI is InChI=1S/C12H15Br2FN2O2S/c1-2-16-3-5-17(6-4-16)20(18,19)12-10(13)7-9(15)8-11(12)14/h7-8H,2-6H2,1H3. The molecular weight excluding hydrogens is 415 g/mol. The molecule has 2 rings (SSSR count). The summed E-state index contributed by atoms with van der Waals surface area (Å²) in [5.41, 5.74) is 0. The van der Waals surface area contributed by atoms with Crippen molar-refractivity contribution in [1.82, 2.24) is 9.21 Å². The molecule has 1 aromatic rings. The van der Waals surface area contributed by atoms with Gasteiger partial charge in [0.2, 0.25) is 10.0 Å². The van der Waals surface area contributed by atoms with Crippen LogP contribution in [0.2, 0.25) is 0 Å². The van der Waals surface area contributed by atoms with Gasteiger partial charge in [0.25, 0.3) is 0 Å². The molecule has 0 saturated carbocycles. The van der Waals surface area contributed by atoms with Gasteiger partial charge in [0.05, 0.1) is 0 Å². The molecule has 0 spiro atoms. The monoisotopic (exact) mass is 428 g/mol. The average Bonchev–Trinajstić information content (AvgIpc) is 2.37. The molecule has 0 bridgehead atoms. The molecule has 0 unspecified atom stereocenters. The second kappa shape index (κ2) is 6.39. The minimum Gasteiger partial charge on any atom is -0.301 e. The van der Waals surface area contributed by atoms with Gasteiger partial charge in [0.1, 0.15) is 10.7 Å². The molecule has 0 aromatic heterocycles. The van der Waals surface area contributed by atoms with Crippen LogP contribution in [0.1, 0.15) is 6.92 Å². The van der Waals surface area contributed by atoms with E-state index in [0.29, 0.717) is 26.2 Å². The van der Waals surface area contributed by atoms with E-state index in [0.717, 1.165) is 6.54 Å². The lowest BCUT2D eigenvalue weighted by molar-refractivity contribution is 0.196. The fourth-order valence-electron chi connectivity index (χ4n) is 2.19. The third-order valence-corrected chi connectivity index (χ3v) is 7.12. The maximum Gasteiger partial charge on any atom is 0.245 e. The summed E-state index contributed by atoms with van der Waals surface area (Å²) in [6, 6.07) is 2.33. The van der Waals surface area contributed by atoms with Crippen LogP contribution in [-0.4, -0.2) is 50.3 Å². The molecule has 1 saturated heterocycles.